The number of ether oxygens (including phenoxy) is 1. The van der Waals surface area contributed by atoms with Gasteiger partial charge in [0.1, 0.15) is 6.54 Å². The number of nitrogens with zero attached hydrogens (tertiary/aromatic N) is 1. The van der Waals surface area contributed by atoms with Crippen LogP contribution in [0.5, 0.6) is 0 Å². The molecule has 202 valence electrons. The number of hydrogen-bond donors (Lipinski definition) is 2. The van der Waals surface area contributed by atoms with E-state index in [0.717, 1.165) is 17.7 Å². The molecular formula is C26H26F3N3O5S. The Morgan fingerprint density at radius 3 is 2.32 bits per heavy atom. The molecule has 2 amide bonds. The number of nitrogens with one attached hydrogen (secondary N) is 2. The summed E-state index contributed by atoms with van der Waals surface area (Å²) < 4.78 is 72.7. The average molecular weight is 550 g/mol. The summed E-state index contributed by atoms with van der Waals surface area (Å²) in [5.41, 5.74) is -0.431. The minimum atomic E-state index is -4.73. The molecule has 3 aromatic carbocycles. The third-order valence-corrected chi connectivity index (χ3v) is 7.18. The topological polar surface area (TPSA) is 105 Å². The largest absolute Gasteiger partial charge is 0.416 e. The van der Waals surface area contributed by atoms with E-state index in [4.69, 9.17) is 4.74 Å². The third kappa shape index (κ3) is 7.11. The molecule has 12 heteroatoms. The standard InChI is InChI=1S/C26H26F3N3O5S/c1-18-10-12-21(13-11-18)38(35,36)32(20-7-5-6-19(16-20)26(27,28)29)17-24(33)31-23-9-4-3-8-22(23)25(34)30-14-15-37-2/h3-13,16H,14-15,17H2,1-2H3,(H,30,34)(H,31,33). The molecule has 0 heterocycles. The van der Waals surface area contributed by atoms with E-state index in [2.05, 4.69) is 10.6 Å². The first-order valence-electron chi connectivity index (χ1n) is 11.4. The molecule has 0 aromatic heterocycles. The molecule has 0 saturated heterocycles. The van der Waals surface area contributed by atoms with Crippen LogP contribution in [0.3, 0.4) is 0 Å². The number of methoxy groups -OCH3 is 1. The van der Waals surface area contributed by atoms with Crippen LogP contribution in [0.1, 0.15) is 21.5 Å². The average Bonchev–Trinajstić information content (AvgIpc) is 2.87. The molecular weight excluding hydrogens is 523 g/mol. The summed E-state index contributed by atoms with van der Waals surface area (Å²) in [4.78, 5) is 25.4. The molecule has 3 rings (SSSR count). The Morgan fingerprint density at radius 2 is 1.66 bits per heavy atom. The molecule has 0 fully saturated rings. The number of alkyl halides is 3. The van der Waals surface area contributed by atoms with Crippen LogP contribution in [-0.2, 0) is 25.7 Å². The lowest BCUT2D eigenvalue weighted by molar-refractivity contribution is -0.137. The van der Waals surface area contributed by atoms with Gasteiger partial charge in [-0.3, -0.25) is 13.9 Å². The molecule has 8 nitrogen and oxygen atoms in total. The zero-order valence-electron chi connectivity index (χ0n) is 20.6. The molecule has 0 spiro atoms. The number of halogens is 3. The molecule has 0 aliphatic heterocycles. The molecule has 0 saturated carbocycles. The molecule has 0 aliphatic carbocycles. The highest BCUT2D eigenvalue weighted by molar-refractivity contribution is 7.92. The van der Waals surface area contributed by atoms with Gasteiger partial charge in [0.2, 0.25) is 5.91 Å². The highest BCUT2D eigenvalue weighted by Gasteiger charge is 2.33. The maximum atomic E-state index is 13.5. The fourth-order valence-electron chi connectivity index (χ4n) is 3.46. The molecule has 3 aromatic rings. The van der Waals surface area contributed by atoms with Crippen LogP contribution in [0.4, 0.5) is 24.5 Å². The summed E-state index contributed by atoms with van der Waals surface area (Å²) in [5.74, 6) is -1.37. The number of aryl methyl sites for hydroxylation is 1. The number of amides is 2. The third-order valence-electron chi connectivity index (χ3n) is 5.40. The lowest BCUT2D eigenvalue weighted by Gasteiger charge is -2.25. The summed E-state index contributed by atoms with van der Waals surface area (Å²) in [6.07, 6.45) is -4.73. The van der Waals surface area contributed by atoms with E-state index in [9.17, 15) is 31.2 Å². The van der Waals surface area contributed by atoms with Crippen LogP contribution in [0.15, 0.2) is 77.7 Å². The van der Waals surface area contributed by atoms with E-state index < -0.39 is 40.1 Å². The van der Waals surface area contributed by atoms with Crippen molar-refractivity contribution in [2.45, 2.75) is 18.0 Å². The van der Waals surface area contributed by atoms with Crippen molar-refractivity contribution < 1.29 is 35.9 Å². The number of anilines is 2. The lowest BCUT2D eigenvalue weighted by atomic mass is 10.1. The molecule has 38 heavy (non-hydrogen) atoms. The Hall–Kier alpha value is -3.90. The summed E-state index contributed by atoms with van der Waals surface area (Å²) in [5, 5.41) is 5.12. The van der Waals surface area contributed by atoms with Gasteiger partial charge in [-0.15, -0.1) is 0 Å². The van der Waals surface area contributed by atoms with Crippen LogP contribution in [0.2, 0.25) is 0 Å². The van der Waals surface area contributed by atoms with E-state index in [-0.39, 0.29) is 35.0 Å². The zero-order chi connectivity index (χ0) is 27.9. The number of benzene rings is 3. The van der Waals surface area contributed by atoms with Gasteiger partial charge in [-0.05, 0) is 49.4 Å². The van der Waals surface area contributed by atoms with Crippen molar-refractivity contribution in [3.8, 4) is 0 Å². The van der Waals surface area contributed by atoms with Gasteiger partial charge in [0.15, 0.2) is 0 Å². The normalized spacial score (nSPS) is 11.6. The quantitative estimate of drug-likeness (QED) is 0.369. The summed E-state index contributed by atoms with van der Waals surface area (Å²) in [6.45, 7) is 1.38. The van der Waals surface area contributed by atoms with Crippen LogP contribution in [0, 0.1) is 6.92 Å². The van der Waals surface area contributed by atoms with Gasteiger partial charge in [0, 0.05) is 13.7 Å². The van der Waals surface area contributed by atoms with Crippen LogP contribution < -0.4 is 14.9 Å². The lowest BCUT2D eigenvalue weighted by Crippen LogP contribution is -2.38. The Labute approximate surface area is 218 Å². The smallest absolute Gasteiger partial charge is 0.383 e. The van der Waals surface area contributed by atoms with Gasteiger partial charge < -0.3 is 15.4 Å². The van der Waals surface area contributed by atoms with Gasteiger partial charge in [-0.25, -0.2) is 8.42 Å². The number of sulfonamides is 1. The van der Waals surface area contributed by atoms with Gasteiger partial charge in [-0.2, -0.15) is 13.2 Å². The van der Waals surface area contributed by atoms with Crippen molar-refractivity contribution in [2.75, 3.05) is 36.4 Å². The zero-order valence-corrected chi connectivity index (χ0v) is 21.4. The number of para-hydroxylation sites is 1. The summed E-state index contributed by atoms with van der Waals surface area (Å²) in [7, 11) is -2.98. The SMILES string of the molecule is COCCNC(=O)c1ccccc1NC(=O)CN(c1cccc(C(F)(F)F)c1)S(=O)(=O)c1ccc(C)cc1. The maximum Gasteiger partial charge on any atom is 0.416 e. The second-order valence-corrected chi connectivity index (χ2v) is 10.1. The van der Waals surface area contributed by atoms with Crippen molar-refractivity contribution in [2.24, 2.45) is 0 Å². The van der Waals surface area contributed by atoms with E-state index in [1.165, 1.54) is 49.6 Å². The number of carbonyl (C=O) groups excluding carboxylic acids is 2. The van der Waals surface area contributed by atoms with Crippen molar-refractivity contribution in [1.29, 1.82) is 0 Å². The molecule has 0 radical (unpaired) electrons. The first-order chi connectivity index (χ1) is 17.9. The first kappa shape index (κ1) is 28.7. The summed E-state index contributed by atoms with van der Waals surface area (Å²) in [6, 6.07) is 15.5. The minimum Gasteiger partial charge on any atom is -0.383 e. The highest BCUT2D eigenvalue weighted by Crippen LogP contribution is 2.33. The van der Waals surface area contributed by atoms with Crippen molar-refractivity contribution in [3.63, 3.8) is 0 Å². The minimum absolute atomic E-state index is 0.101. The Kier molecular flexibility index (Phi) is 9.13. The monoisotopic (exact) mass is 549 g/mol. The molecule has 0 bridgehead atoms. The highest BCUT2D eigenvalue weighted by atomic mass is 32.2. The molecule has 0 atom stereocenters. The van der Waals surface area contributed by atoms with Gasteiger partial charge in [0.25, 0.3) is 15.9 Å². The molecule has 0 aliphatic rings. The predicted molar refractivity (Wildman–Crippen MR) is 136 cm³/mol. The van der Waals surface area contributed by atoms with E-state index in [1.54, 1.807) is 19.1 Å². The molecule has 2 N–H and O–H groups in total. The fraction of sp³-hybridized carbons (Fsp3) is 0.231. The van der Waals surface area contributed by atoms with E-state index in [1.807, 2.05) is 0 Å². The van der Waals surface area contributed by atoms with Crippen molar-refractivity contribution >= 4 is 33.2 Å². The number of carbonyl (C=O) groups is 2. The number of rotatable bonds is 10. The van der Waals surface area contributed by atoms with Crippen molar-refractivity contribution in [1.82, 2.24) is 5.32 Å². The Balaban J connectivity index is 1.95. The van der Waals surface area contributed by atoms with Crippen LogP contribution in [0.25, 0.3) is 0 Å². The van der Waals surface area contributed by atoms with Crippen LogP contribution in [-0.4, -0.2) is 47.0 Å². The second kappa shape index (κ2) is 12.1. The molecule has 0 unspecified atom stereocenters. The first-order valence-corrected chi connectivity index (χ1v) is 12.8. The second-order valence-electron chi connectivity index (χ2n) is 8.22. The maximum absolute atomic E-state index is 13.5. The van der Waals surface area contributed by atoms with Crippen molar-refractivity contribution in [3.05, 3.63) is 89.5 Å². The van der Waals surface area contributed by atoms with Crippen LogP contribution >= 0.6 is 0 Å². The number of hydrogen-bond acceptors (Lipinski definition) is 5. The van der Waals surface area contributed by atoms with E-state index >= 15 is 0 Å². The van der Waals surface area contributed by atoms with Gasteiger partial charge >= 0.3 is 6.18 Å². The van der Waals surface area contributed by atoms with E-state index in [0.29, 0.717) is 10.4 Å². The van der Waals surface area contributed by atoms with Gasteiger partial charge in [-0.1, -0.05) is 35.9 Å². The summed E-state index contributed by atoms with van der Waals surface area (Å²) >= 11 is 0. The predicted octanol–water partition coefficient (Wildman–Crippen LogP) is 4.22. The Bertz CT molecular complexity index is 1390. The fourth-order valence-corrected chi connectivity index (χ4v) is 4.87. The Morgan fingerprint density at radius 1 is 0.974 bits per heavy atom. The van der Waals surface area contributed by atoms with Gasteiger partial charge in [0.05, 0.1) is 34.0 Å².